The van der Waals surface area contributed by atoms with Gasteiger partial charge >= 0.3 is 0 Å². The van der Waals surface area contributed by atoms with Crippen molar-refractivity contribution in [2.45, 2.75) is 5.37 Å². The molecular formula is C18H15BrN4O2S2. The zero-order chi connectivity index (χ0) is 18.8. The number of carbonyl (C=O) groups is 2. The number of para-hydroxylation sites is 1. The van der Waals surface area contributed by atoms with E-state index in [1.165, 1.54) is 28.1 Å². The van der Waals surface area contributed by atoms with Crippen LogP contribution in [0.5, 0.6) is 0 Å². The molecule has 1 aliphatic heterocycles. The number of aromatic nitrogens is 1. The molecule has 6 nitrogen and oxygen atoms in total. The number of benzene rings is 2. The highest BCUT2D eigenvalue weighted by molar-refractivity contribution is 9.10. The fraction of sp³-hybridized carbons (Fsp3) is 0.167. The molecule has 0 saturated carbocycles. The molecular weight excluding hydrogens is 448 g/mol. The molecule has 0 aliphatic carbocycles. The van der Waals surface area contributed by atoms with Gasteiger partial charge < -0.3 is 5.32 Å². The quantitative estimate of drug-likeness (QED) is 0.603. The third-order valence-electron chi connectivity index (χ3n) is 3.97. The van der Waals surface area contributed by atoms with Crippen molar-refractivity contribution in [3.8, 4) is 0 Å². The smallest absolute Gasteiger partial charge is 0.248 e. The van der Waals surface area contributed by atoms with Crippen LogP contribution in [0.15, 0.2) is 53.0 Å². The van der Waals surface area contributed by atoms with Gasteiger partial charge in [0.15, 0.2) is 5.13 Å². The van der Waals surface area contributed by atoms with Gasteiger partial charge in [0.25, 0.3) is 0 Å². The molecule has 1 aliphatic rings. The summed E-state index contributed by atoms with van der Waals surface area (Å²) in [6.07, 6.45) is 0. The minimum absolute atomic E-state index is 0.00471. The first-order valence-corrected chi connectivity index (χ1v) is 10.8. The first kappa shape index (κ1) is 18.4. The Morgan fingerprint density at radius 1 is 1.22 bits per heavy atom. The van der Waals surface area contributed by atoms with E-state index in [4.69, 9.17) is 0 Å². The number of hydrazine groups is 1. The minimum atomic E-state index is -0.242. The van der Waals surface area contributed by atoms with Gasteiger partial charge in [0.05, 0.1) is 22.5 Å². The van der Waals surface area contributed by atoms with Gasteiger partial charge in [-0.25, -0.2) is 10.4 Å². The Bertz CT molecular complexity index is 959. The van der Waals surface area contributed by atoms with Crippen molar-refractivity contribution in [3.63, 3.8) is 0 Å². The number of fused-ring (bicyclic) bond motifs is 1. The van der Waals surface area contributed by atoms with Gasteiger partial charge in [-0.1, -0.05) is 51.5 Å². The number of carbonyl (C=O) groups excluding carboxylic acids is 2. The minimum Gasteiger partial charge on any atom is -0.301 e. The molecule has 0 bridgehead atoms. The number of rotatable bonds is 5. The SMILES string of the molecule is O=C(CNN1C(=O)CSC1c1ccc(Br)cc1)Nc1nc2ccccc2s1. The first-order valence-electron chi connectivity index (χ1n) is 8.18. The maximum absolute atomic E-state index is 12.3. The molecule has 4 rings (SSSR count). The van der Waals surface area contributed by atoms with Crippen LogP contribution in [0, 0.1) is 0 Å². The van der Waals surface area contributed by atoms with Gasteiger partial charge in [-0.2, -0.15) is 0 Å². The standard InChI is InChI=1S/C18H15BrN4O2S2/c19-12-7-5-11(6-8-12)17-23(16(25)10-26-17)20-9-15(24)22-18-21-13-3-1-2-4-14(13)27-18/h1-8,17,20H,9-10H2,(H,21,22,24). The zero-order valence-electron chi connectivity index (χ0n) is 14.0. The highest BCUT2D eigenvalue weighted by atomic mass is 79.9. The van der Waals surface area contributed by atoms with Crippen molar-refractivity contribution in [1.82, 2.24) is 15.4 Å². The summed E-state index contributed by atoms with van der Waals surface area (Å²) in [6.45, 7) is -0.00471. The van der Waals surface area contributed by atoms with Crippen LogP contribution in [-0.2, 0) is 9.59 Å². The van der Waals surface area contributed by atoms with E-state index in [1.54, 1.807) is 0 Å². The van der Waals surface area contributed by atoms with Crippen molar-refractivity contribution < 1.29 is 9.59 Å². The van der Waals surface area contributed by atoms with E-state index >= 15 is 0 Å². The van der Waals surface area contributed by atoms with Crippen molar-refractivity contribution in [3.05, 3.63) is 58.6 Å². The summed E-state index contributed by atoms with van der Waals surface area (Å²) in [5.41, 5.74) is 4.83. The average molecular weight is 463 g/mol. The number of hydrogen-bond donors (Lipinski definition) is 2. The second-order valence-electron chi connectivity index (χ2n) is 5.85. The van der Waals surface area contributed by atoms with Crippen molar-refractivity contribution in [2.75, 3.05) is 17.6 Å². The van der Waals surface area contributed by atoms with Crippen LogP contribution in [0.25, 0.3) is 10.2 Å². The molecule has 3 aromatic rings. The molecule has 2 amide bonds. The summed E-state index contributed by atoms with van der Waals surface area (Å²) >= 11 is 6.37. The second kappa shape index (κ2) is 7.97. The summed E-state index contributed by atoms with van der Waals surface area (Å²) < 4.78 is 2.00. The largest absolute Gasteiger partial charge is 0.301 e. The van der Waals surface area contributed by atoms with E-state index in [1.807, 2.05) is 48.5 Å². The lowest BCUT2D eigenvalue weighted by Crippen LogP contribution is -2.44. The Morgan fingerprint density at radius 3 is 2.78 bits per heavy atom. The molecule has 1 atom stereocenters. The molecule has 2 aromatic carbocycles. The summed E-state index contributed by atoms with van der Waals surface area (Å²) in [5.74, 6) is 0.0988. The number of hydrogen-bond acceptors (Lipinski definition) is 6. The van der Waals surface area contributed by atoms with Gasteiger partial charge in [0.2, 0.25) is 11.8 Å². The van der Waals surface area contributed by atoms with Gasteiger partial charge in [-0.05, 0) is 29.8 Å². The number of anilines is 1. The van der Waals surface area contributed by atoms with Crippen molar-refractivity contribution in [2.24, 2.45) is 0 Å². The van der Waals surface area contributed by atoms with Crippen LogP contribution >= 0.6 is 39.0 Å². The van der Waals surface area contributed by atoms with Crippen LogP contribution < -0.4 is 10.7 Å². The lowest BCUT2D eigenvalue weighted by Gasteiger charge is -2.24. The van der Waals surface area contributed by atoms with Gasteiger partial charge in [-0.15, -0.1) is 11.8 Å². The predicted molar refractivity (Wildman–Crippen MR) is 112 cm³/mol. The number of nitrogens with one attached hydrogen (secondary N) is 2. The maximum Gasteiger partial charge on any atom is 0.248 e. The molecule has 2 N–H and O–H groups in total. The third kappa shape index (κ3) is 4.16. The van der Waals surface area contributed by atoms with Crippen LogP contribution in [0.4, 0.5) is 5.13 Å². The Morgan fingerprint density at radius 2 is 2.00 bits per heavy atom. The normalized spacial score (nSPS) is 16.9. The highest BCUT2D eigenvalue weighted by Gasteiger charge is 2.33. The molecule has 9 heteroatoms. The molecule has 138 valence electrons. The summed E-state index contributed by atoms with van der Waals surface area (Å²) in [5, 5.41) is 4.72. The summed E-state index contributed by atoms with van der Waals surface area (Å²) in [4.78, 5) is 28.9. The topological polar surface area (TPSA) is 74.3 Å². The number of amides is 2. The van der Waals surface area contributed by atoms with Gasteiger partial charge in [0.1, 0.15) is 5.37 Å². The number of nitrogens with zero attached hydrogens (tertiary/aromatic N) is 2. The van der Waals surface area contributed by atoms with E-state index in [-0.39, 0.29) is 23.7 Å². The lowest BCUT2D eigenvalue weighted by molar-refractivity contribution is -0.131. The Balaban J connectivity index is 1.39. The van der Waals surface area contributed by atoms with E-state index in [0.29, 0.717) is 10.9 Å². The summed E-state index contributed by atoms with van der Waals surface area (Å²) in [7, 11) is 0. The third-order valence-corrected chi connectivity index (χ3v) is 6.67. The zero-order valence-corrected chi connectivity index (χ0v) is 17.2. The first-order chi connectivity index (χ1) is 13.1. The van der Waals surface area contributed by atoms with Crippen molar-refractivity contribution in [1.29, 1.82) is 0 Å². The summed E-state index contributed by atoms with van der Waals surface area (Å²) in [6, 6.07) is 15.5. The van der Waals surface area contributed by atoms with Gasteiger partial charge in [0, 0.05) is 4.47 Å². The lowest BCUT2D eigenvalue weighted by atomic mass is 10.2. The molecule has 2 heterocycles. The monoisotopic (exact) mass is 462 g/mol. The molecule has 1 fully saturated rings. The predicted octanol–water partition coefficient (Wildman–Crippen LogP) is 3.78. The number of thiazole rings is 1. The van der Waals surface area contributed by atoms with Crippen LogP contribution in [-0.4, -0.2) is 34.1 Å². The highest BCUT2D eigenvalue weighted by Crippen LogP contribution is 2.37. The fourth-order valence-corrected chi connectivity index (χ4v) is 4.99. The van der Waals surface area contributed by atoms with E-state index in [9.17, 15) is 9.59 Å². The molecule has 1 unspecified atom stereocenters. The van der Waals surface area contributed by atoms with Crippen LogP contribution in [0.1, 0.15) is 10.9 Å². The number of thioether (sulfide) groups is 1. The van der Waals surface area contributed by atoms with Crippen LogP contribution in [0.2, 0.25) is 0 Å². The molecule has 0 spiro atoms. The molecule has 27 heavy (non-hydrogen) atoms. The van der Waals surface area contributed by atoms with Crippen LogP contribution in [0.3, 0.4) is 0 Å². The Hall–Kier alpha value is -1.94. The second-order valence-corrected chi connectivity index (χ2v) is 8.86. The van der Waals surface area contributed by atoms with E-state index < -0.39 is 0 Å². The maximum atomic E-state index is 12.3. The Labute approximate surface area is 172 Å². The van der Waals surface area contributed by atoms with E-state index in [2.05, 4.69) is 31.7 Å². The van der Waals surface area contributed by atoms with E-state index in [0.717, 1.165) is 20.3 Å². The molecule has 1 saturated heterocycles. The average Bonchev–Trinajstić information content (AvgIpc) is 3.23. The van der Waals surface area contributed by atoms with Crippen molar-refractivity contribution >= 4 is 66.2 Å². The molecule has 0 radical (unpaired) electrons. The molecule has 1 aromatic heterocycles. The Kier molecular flexibility index (Phi) is 5.44. The number of halogens is 1. The van der Waals surface area contributed by atoms with Gasteiger partial charge in [-0.3, -0.25) is 14.6 Å². The fourth-order valence-electron chi connectivity index (χ4n) is 2.71.